The van der Waals surface area contributed by atoms with E-state index in [2.05, 4.69) is 15.1 Å². The Bertz CT molecular complexity index is 657. The molecule has 8 heteroatoms. The topological polar surface area (TPSA) is 63.9 Å². The molecule has 3 rings (SSSR count). The van der Waals surface area contributed by atoms with Crippen LogP contribution in [0.3, 0.4) is 0 Å². The summed E-state index contributed by atoms with van der Waals surface area (Å²) >= 11 is 1.95. The van der Waals surface area contributed by atoms with E-state index in [1.807, 2.05) is 30.4 Å². The molecule has 2 aromatic heterocycles. The van der Waals surface area contributed by atoms with E-state index in [4.69, 9.17) is 0 Å². The zero-order valence-electron chi connectivity index (χ0n) is 11.6. The number of hydrogen-bond donors (Lipinski definition) is 0. The Morgan fingerprint density at radius 1 is 1.40 bits per heavy atom. The van der Waals surface area contributed by atoms with Crippen molar-refractivity contribution in [1.82, 2.24) is 19.8 Å². The van der Waals surface area contributed by atoms with Crippen LogP contribution in [-0.4, -0.2) is 69.0 Å². The summed E-state index contributed by atoms with van der Waals surface area (Å²) in [6, 6.07) is 3.48. The minimum Gasteiger partial charge on any atom is -0.691 e. The molecule has 1 fully saturated rings. The van der Waals surface area contributed by atoms with Crippen LogP contribution in [0, 0.1) is 5.21 Å². The van der Waals surface area contributed by atoms with E-state index in [0.29, 0.717) is 16.0 Å². The number of nitrogens with zero attached hydrogens (tertiary/aromatic N) is 6. The molecule has 1 aliphatic rings. The Kier molecular flexibility index (Phi) is 3.47. The Labute approximate surface area is 121 Å². The van der Waals surface area contributed by atoms with E-state index in [0.717, 1.165) is 30.6 Å². The largest absolute Gasteiger partial charge is 0.691 e. The minimum atomic E-state index is 0.484. The van der Waals surface area contributed by atoms with E-state index in [-0.39, 0.29) is 0 Å². The number of rotatable bonds is 0. The highest BCUT2D eigenvalue weighted by Gasteiger charge is 2.31. The molecular formula is C12H17N6OS+. The van der Waals surface area contributed by atoms with Gasteiger partial charge in [0.2, 0.25) is 5.52 Å². The second kappa shape index (κ2) is 5.28. The molecule has 0 radical (unpaired) electrons. The second-order valence-electron chi connectivity index (χ2n) is 4.81. The number of aromatic nitrogens is 4. The molecule has 7 nitrogen and oxygen atoms in total. The highest BCUT2D eigenvalue weighted by atomic mass is 32.2. The fourth-order valence-electron chi connectivity index (χ4n) is 2.38. The maximum absolute atomic E-state index is 11.9. The van der Waals surface area contributed by atoms with Crippen molar-refractivity contribution in [3.8, 4) is 0 Å². The Morgan fingerprint density at radius 3 is 2.85 bits per heavy atom. The summed E-state index contributed by atoms with van der Waals surface area (Å²) in [5.41, 5.74) is 1.07. The predicted molar refractivity (Wildman–Crippen MR) is 77.9 cm³/mol. The molecule has 3 heterocycles. The van der Waals surface area contributed by atoms with Crippen LogP contribution in [0.1, 0.15) is 0 Å². The van der Waals surface area contributed by atoms with Crippen molar-refractivity contribution in [2.45, 2.75) is 0 Å². The molecule has 0 atom stereocenters. The van der Waals surface area contributed by atoms with Crippen LogP contribution in [0.4, 0.5) is 0 Å². The van der Waals surface area contributed by atoms with Crippen molar-refractivity contribution in [1.29, 1.82) is 0 Å². The average molecular weight is 293 g/mol. The van der Waals surface area contributed by atoms with Gasteiger partial charge in [0.25, 0.3) is 0 Å². The average Bonchev–Trinajstić information content (AvgIpc) is 2.78. The lowest BCUT2D eigenvalue weighted by atomic mass is 10.4. The number of pyridine rings is 1. The SMILES string of the molecule is C[N+](C)=C(N1CCSCC1)n1n[n+]([O-])c2cccnc21. The lowest BCUT2D eigenvalue weighted by molar-refractivity contribution is -0.645. The van der Waals surface area contributed by atoms with Gasteiger partial charge < -0.3 is 5.21 Å². The number of hydrogen-bond acceptors (Lipinski definition) is 4. The summed E-state index contributed by atoms with van der Waals surface area (Å²) in [7, 11) is 3.92. The van der Waals surface area contributed by atoms with Crippen LogP contribution in [-0.2, 0) is 0 Å². The fourth-order valence-corrected chi connectivity index (χ4v) is 3.28. The van der Waals surface area contributed by atoms with Gasteiger partial charge in [-0.25, -0.2) is 4.98 Å². The summed E-state index contributed by atoms with van der Waals surface area (Å²) < 4.78 is 3.62. The molecule has 0 unspecified atom stereocenters. The van der Waals surface area contributed by atoms with E-state index in [9.17, 15) is 5.21 Å². The highest BCUT2D eigenvalue weighted by molar-refractivity contribution is 7.99. The molecule has 0 spiro atoms. The maximum atomic E-state index is 11.9. The van der Waals surface area contributed by atoms with Crippen molar-refractivity contribution in [3.63, 3.8) is 0 Å². The first kappa shape index (κ1) is 13.2. The van der Waals surface area contributed by atoms with E-state index in [1.54, 1.807) is 23.0 Å². The lowest BCUT2D eigenvalue weighted by Gasteiger charge is -2.22. The molecule has 0 bridgehead atoms. The number of fused-ring (bicyclic) bond motifs is 1. The van der Waals surface area contributed by atoms with Gasteiger partial charge in [-0.2, -0.15) is 11.8 Å². The molecule has 0 N–H and O–H groups in total. The Hall–Kier alpha value is -1.83. The van der Waals surface area contributed by atoms with E-state index < -0.39 is 0 Å². The third-order valence-electron chi connectivity index (χ3n) is 3.23. The molecule has 0 saturated carbocycles. The van der Waals surface area contributed by atoms with Crippen LogP contribution >= 0.6 is 11.8 Å². The van der Waals surface area contributed by atoms with Crippen LogP contribution in [0.25, 0.3) is 11.2 Å². The third kappa shape index (κ3) is 2.20. The first-order chi connectivity index (χ1) is 9.68. The summed E-state index contributed by atoms with van der Waals surface area (Å²) in [6.07, 6.45) is 1.68. The maximum Gasteiger partial charge on any atom is 0.414 e. The third-order valence-corrected chi connectivity index (χ3v) is 4.17. The van der Waals surface area contributed by atoms with Crippen LogP contribution in [0.15, 0.2) is 18.3 Å². The molecular weight excluding hydrogens is 276 g/mol. The van der Waals surface area contributed by atoms with Gasteiger partial charge >= 0.3 is 11.6 Å². The summed E-state index contributed by atoms with van der Waals surface area (Å²) in [5.74, 6) is 3.06. The van der Waals surface area contributed by atoms with Gasteiger partial charge in [-0.1, -0.05) is 0 Å². The molecule has 0 aliphatic carbocycles. The fraction of sp³-hybridized carbons (Fsp3) is 0.500. The van der Waals surface area contributed by atoms with Gasteiger partial charge in [-0.3, -0.25) is 9.48 Å². The zero-order chi connectivity index (χ0) is 14.1. The first-order valence-electron chi connectivity index (χ1n) is 6.49. The molecule has 0 amide bonds. The van der Waals surface area contributed by atoms with Gasteiger partial charge in [0.15, 0.2) is 0 Å². The first-order valence-corrected chi connectivity index (χ1v) is 7.65. The minimum absolute atomic E-state index is 0.484. The van der Waals surface area contributed by atoms with Crippen molar-refractivity contribution < 1.29 is 9.42 Å². The summed E-state index contributed by atoms with van der Waals surface area (Å²) in [5, 5.41) is 16.0. The smallest absolute Gasteiger partial charge is 0.414 e. The standard InChI is InChI=1S/C12H17N6OS/c1-15(2)12(16-6-8-20-9-7-16)17-11-10(18(19)14-17)4-3-5-13-11/h3-5H,6-9H2,1-2H3/q+1. The van der Waals surface area contributed by atoms with Crippen molar-refractivity contribution >= 4 is 28.9 Å². The highest BCUT2D eigenvalue weighted by Crippen LogP contribution is 2.12. The molecule has 1 aliphatic heterocycles. The van der Waals surface area contributed by atoms with Crippen molar-refractivity contribution in [2.75, 3.05) is 38.7 Å². The Morgan fingerprint density at radius 2 is 2.15 bits per heavy atom. The molecule has 106 valence electrons. The van der Waals surface area contributed by atoms with Gasteiger partial charge in [-0.15, -0.1) is 4.85 Å². The van der Waals surface area contributed by atoms with Crippen LogP contribution < -0.4 is 4.85 Å². The Balaban J connectivity index is 2.13. The quantitative estimate of drug-likeness (QED) is 0.286. The molecule has 1 saturated heterocycles. The predicted octanol–water partition coefficient (Wildman–Crippen LogP) is -0.410. The van der Waals surface area contributed by atoms with Gasteiger partial charge in [0.1, 0.15) is 5.21 Å². The zero-order valence-corrected chi connectivity index (χ0v) is 12.4. The molecule has 0 aromatic carbocycles. The van der Waals surface area contributed by atoms with Crippen LogP contribution in [0.5, 0.6) is 0 Å². The summed E-state index contributed by atoms with van der Waals surface area (Å²) in [6.45, 7) is 1.90. The van der Waals surface area contributed by atoms with E-state index in [1.165, 1.54) is 0 Å². The monoisotopic (exact) mass is 293 g/mol. The van der Waals surface area contributed by atoms with Gasteiger partial charge in [0, 0.05) is 17.7 Å². The van der Waals surface area contributed by atoms with E-state index >= 15 is 0 Å². The van der Waals surface area contributed by atoms with Crippen molar-refractivity contribution in [2.24, 2.45) is 0 Å². The lowest BCUT2D eigenvalue weighted by Crippen LogP contribution is -2.47. The molecule has 20 heavy (non-hydrogen) atoms. The van der Waals surface area contributed by atoms with Crippen LogP contribution in [0.2, 0.25) is 0 Å². The van der Waals surface area contributed by atoms with Crippen molar-refractivity contribution in [3.05, 3.63) is 23.5 Å². The normalized spacial score (nSPS) is 15.6. The summed E-state index contributed by atoms with van der Waals surface area (Å²) in [4.78, 5) is 7.18. The van der Waals surface area contributed by atoms with Gasteiger partial charge in [0.05, 0.1) is 27.2 Å². The molecule has 2 aromatic rings. The second-order valence-corrected chi connectivity index (χ2v) is 6.04. The number of thioether (sulfide) groups is 1. The van der Waals surface area contributed by atoms with Gasteiger partial charge in [-0.05, 0) is 16.8 Å².